The quantitative estimate of drug-likeness (QED) is 0.333. The zero-order valence-electron chi connectivity index (χ0n) is 12.3. The van der Waals surface area contributed by atoms with E-state index in [2.05, 4.69) is 29.1 Å². The molecular formula is C12H28N4O2. The third kappa shape index (κ3) is 6.90. The third-order valence-corrected chi connectivity index (χ3v) is 2.64. The van der Waals surface area contributed by atoms with Crippen LogP contribution in [-0.4, -0.2) is 69.2 Å². The van der Waals surface area contributed by atoms with E-state index in [1.807, 2.05) is 14.1 Å². The van der Waals surface area contributed by atoms with Crippen LogP contribution in [0.15, 0.2) is 0 Å². The standard InChI is InChI=1S/C12H28N4O2/c1-10(2)8-16(7-6-15(3)4)11(9-18-5)12(17)14-13/h10-11H,6-9,13H2,1-5H3,(H,14,17). The Balaban J connectivity index is 4.67. The molecule has 0 heterocycles. The van der Waals surface area contributed by atoms with E-state index in [4.69, 9.17) is 10.6 Å². The fourth-order valence-electron chi connectivity index (χ4n) is 1.77. The fourth-order valence-corrected chi connectivity index (χ4v) is 1.77. The van der Waals surface area contributed by atoms with Gasteiger partial charge in [-0.2, -0.15) is 0 Å². The van der Waals surface area contributed by atoms with E-state index in [1.54, 1.807) is 7.11 Å². The summed E-state index contributed by atoms with van der Waals surface area (Å²) in [5.74, 6) is 5.52. The number of ether oxygens (including phenoxy) is 1. The van der Waals surface area contributed by atoms with Gasteiger partial charge in [0, 0.05) is 26.7 Å². The third-order valence-electron chi connectivity index (χ3n) is 2.64. The molecule has 108 valence electrons. The first-order chi connectivity index (χ1) is 8.42. The van der Waals surface area contributed by atoms with Gasteiger partial charge in [-0.05, 0) is 20.0 Å². The van der Waals surface area contributed by atoms with E-state index in [0.717, 1.165) is 19.6 Å². The lowest BCUT2D eigenvalue weighted by atomic mass is 10.1. The second kappa shape index (κ2) is 9.27. The minimum Gasteiger partial charge on any atom is -0.383 e. The Bertz CT molecular complexity index is 234. The van der Waals surface area contributed by atoms with Crippen LogP contribution < -0.4 is 11.3 Å². The van der Waals surface area contributed by atoms with Crippen LogP contribution in [0.5, 0.6) is 0 Å². The second-order valence-electron chi connectivity index (χ2n) is 5.17. The number of nitrogens with two attached hydrogens (primary N) is 1. The topological polar surface area (TPSA) is 70.8 Å². The number of likely N-dealkylation sites (N-methyl/N-ethyl adjacent to an activating group) is 1. The molecule has 6 nitrogen and oxygen atoms in total. The zero-order chi connectivity index (χ0) is 14.1. The van der Waals surface area contributed by atoms with Crippen LogP contribution in [0, 0.1) is 5.92 Å². The van der Waals surface area contributed by atoms with E-state index in [-0.39, 0.29) is 11.9 Å². The van der Waals surface area contributed by atoms with Crippen molar-refractivity contribution in [1.82, 2.24) is 15.2 Å². The molecule has 18 heavy (non-hydrogen) atoms. The number of carbonyl (C=O) groups is 1. The van der Waals surface area contributed by atoms with Gasteiger partial charge in [0.05, 0.1) is 6.61 Å². The molecule has 0 aromatic carbocycles. The molecule has 3 N–H and O–H groups in total. The predicted molar refractivity (Wildman–Crippen MR) is 73.0 cm³/mol. The molecular weight excluding hydrogens is 232 g/mol. The van der Waals surface area contributed by atoms with E-state index in [9.17, 15) is 4.79 Å². The van der Waals surface area contributed by atoms with Crippen LogP contribution in [0.1, 0.15) is 13.8 Å². The molecule has 1 atom stereocenters. The highest BCUT2D eigenvalue weighted by Gasteiger charge is 2.25. The van der Waals surface area contributed by atoms with Crippen molar-refractivity contribution in [3.05, 3.63) is 0 Å². The van der Waals surface area contributed by atoms with Crippen LogP contribution >= 0.6 is 0 Å². The summed E-state index contributed by atoms with van der Waals surface area (Å²) in [5, 5.41) is 0. The first-order valence-corrected chi connectivity index (χ1v) is 6.30. The van der Waals surface area contributed by atoms with Crippen molar-refractivity contribution in [2.24, 2.45) is 11.8 Å². The summed E-state index contributed by atoms with van der Waals surface area (Å²) in [4.78, 5) is 16.0. The Hall–Kier alpha value is -0.690. The average Bonchev–Trinajstić information content (AvgIpc) is 2.30. The lowest BCUT2D eigenvalue weighted by Gasteiger charge is -2.32. The summed E-state index contributed by atoms with van der Waals surface area (Å²) in [6.45, 7) is 7.16. The van der Waals surface area contributed by atoms with Crippen molar-refractivity contribution in [2.45, 2.75) is 19.9 Å². The number of carbonyl (C=O) groups excluding carboxylic acids is 1. The average molecular weight is 260 g/mol. The molecule has 1 unspecified atom stereocenters. The highest BCUT2D eigenvalue weighted by molar-refractivity contribution is 5.81. The number of amides is 1. The van der Waals surface area contributed by atoms with Crippen molar-refractivity contribution in [1.29, 1.82) is 0 Å². The minimum atomic E-state index is -0.331. The summed E-state index contributed by atoms with van der Waals surface area (Å²) >= 11 is 0. The molecule has 0 bridgehead atoms. The molecule has 0 fully saturated rings. The van der Waals surface area contributed by atoms with Crippen LogP contribution in [0.4, 0.5) is 0 Å². The molecule has 0 rings (SSSR count). The minimum absolute atomic E-state index is 0.198. The van der Waals surface area contributed by atoms with Gasteiger partial charge in [0.15, 0.2) is 0 Å². The summed E-state index contributed by atoms with van der Waals surface area (Å²) in [5.41, 5.74) is 2.22. The van der Waals surface area contributed by atoms with Gasteiger partial charge in [-0.25, -0.2) is 5.84 Å². The number of hydrazine groups is 1. The maximum atomic E-state index is 11.8. The molecule has 0 aliphatic carbocycles. The van der Waals surface area contributed by atoms with Crippen molar-refractivity contribution >= 4 is 5.91 Å². The van der Waals surface area contributed by atoms with Gasteiger partial charge in [0.1, 0.15) is 6.04 Å². The molecule has 0 saturated carbocycles. The Morgan fingerprint density at radius 3 is 2.33 bits per heavy atom. The summed E-state index contributed by atoms with van der Waals surface area (Å²) in [6, 6.07) is -0.331. The molecule has 1 amide bonds. The van der Waals surface area contributed by atoms with E-state index >= 15 is 0 Å². The van der Waals surface area contributed by atoms with Crippen molar-refractivity contribution in [2.75, 3.05) is 47.4 Å². The first kappa shape index (κ1) is 17.3. The maximum absolute atomic E-state index is 11.8. The highest BCUT2D eigenvalue weighted by atomic mass is 16.5. The molecule has 6 heteroatoms. The van der Waals surface area contributed by atoms with Gasteiger partial charge in [0.25, 0.3) is 5.91 Å². The lowest BCUT2D eigenvalue weighted by Crippen LogP contribution is -2.53. The monoisotopic (exact) mass is 260 g/mol. The van der Waals surface area contributed by atoms with E-state index in [1.165, 1.54) is 0 Å². The summed E-state index contributed by atoms with van der Waals surface area (Å²) < 4.78 is 5.12. The SMILES string of the molecule is COCC(C(=O)NN)N(CCN(C)C)CC(C)C. The van der Waals surface area contributed by atoms with Crippen LogP contribution in [0.2, 0.25) is 0 Å². The summed E-state index contributed by atoms with van der Waals surface area (Å²) in [6.07, 6.45) is 0. The van der Waals surface area contributed by atoms with Crippen LogP contribution in [-0.2, 0) is 9.53 Å². The van der Waals surface area contributed by atoms with E-state index < -0.39 is 0 Å². The van der Waals surface area contributed by atoms with Gasteiger partial charge in [-0.15, -0.1) is 0 Å². The largest absolute Gasteiger partial charge is 0.383 e. The normalized spacial score (nSPS) is 13.4. The van der Waals surface area contributed by atoms with Gasteiger partial charge in [-0.3, -0.25) is 15.1 Å². The summed E-state index contributed by atoms with van der Waals surface area (Å²) in [7, 11) is 5.63. The first-order valence-electron chi connectivity index (χ1n) is 6.30. The van der Waals surface area contributed by atoms with Crippen LogP contribution in [0.3, 0.4) is 0 Å². The molecule has 0 radical (unpaired) electrons. The number of hydrogen-bond donors (Lipinski definition) is 2. The number of rotatable bonds is 9. The Labute approximate surface area is 110 Å². The molecule has 0 spiro atoms. The molecule has 0 aromatic heterocycles. The molecule has 0 aliphatic rings. The zero-order valence-corrected chi connectivity index (χ0v) is 12.3. The Morgan fingerprint density at radius 2 is 1.94 bits per heavy atom. The number of methoxy groups -OCH3 is 1. The van der Waals surface area contributed by atoms with Crippen molar-refractivity contribution < 1.29 is 9.53 Å². The predicted octanol–water partition coefficient (Wildman–Crippen LogP) is -0.489. The van der Waals surface area contributed by atoms with Gasteiger partial charge >= 0.3 is 0 Å². The fraction of sp³-hybridized carbons (Fsp3) is 0.917. The van der Waals surface area contributed by atoms with Gasteiger partial charge in [-0.1, -0.05) is 13.8 Å². The van der Waals surface area contributed by atoms with Gasteiger partial charge < -0.3 is 9.64 Å². The van der Waals surface area contributed by atoms with Gasteiger partial charge in [0.2, 0.25) is 0 Å². The van der Waals surface area contributed by atoms with Crippen molar-refractivity contribution in [3.8, 4) is 0 Å². The number of nitrogens with zero attached hydrogens (tertiary/aromatic N) is 2. The number of hydrogen-bond acceptors (Lipinski definition) is 5. The van der Waals surface area contributed by atoms with Crippen molar-refractivity contribution in [3.63, 3.8) is 0 Å². The molecule has 0 aromatic rings. The maximum Gasteiger partial charge on any atom is 0.253 e. The smallest absolute Gasteiger partial charge is 0.253 e. The van der Waals surface area contributed by atoms with Crippen LogP contribution in [0.25, 0.3) is 0 Å². The number of nitrogens with one attached hydrogen (secondary N) is 1. The second-order valence-corrected chi connectivity index (χ2v) is 5.17. The van der Waals surface area contributed by atoms with E-state index in [0.29, 0.717) is 12.5 Å². The molecule has 0 aliphatic heterocycles. The highest BCUT2D eigenvalue weighted by Crippen LogP contribution is 2.06. The Kier molecular flexibility index (Phi) is 8.91. The lowest BCUT2D eigenvalue weighted by molar-refractivity contribution is -0.128. The molecule has 0 saturated heterocycles. The Morgan fingerprint density at radius 1 is 1.33 bits per heavy atom.